The second kappa shape index (κ2) is 5.02. The molecular formula is C11H11Cl2NO3. The molecule has 0 heterocycles. The Morgan fingerprint density at radius 1 is 1.41 bits per heavy atom. The number of carboxylic acid groups (broad SMARTS) is 1. The zero-order valence-electron chi connectivity index (χ0n) is 8.82. The molecule has 1 aromatic rings. The van der Waals surface area contributed by atoms with Crippen molar-refractivity contribution in [1.82, 2.24) is 5.32 Å². The second-order valence-corrected chi connectivity index (χ2v) is 4.69. The summed E-state index contributed by atoms with van der Waals surface area (Å²) in [5, 5.41) is 11.8. The van der Waals surface area contributed by atoms with Crippen molar-refractivity contribution >= 4 is 29.3 Å². The van der Waals surface area contributed by atoms with E-state index in [0.717, 1.165) is 0 Å². The van der Waals surface area contributed by atoms with Gasteiger partial charge in [0.05, 0.1) is 5.02 Å². The van der Waals surface area contributed by atoms with Gasteiger partial charge in [-0.3, -0.25) is 0 Å². The highest BCUT2D eigenvalue weighted by Gasteiger charge is 2.32. The molecule has 0 atom stereocenters. The van der Waals surface area contributed by atoms with Gasteiger partial charge in [-0.15, -0.1) is 0 Å². The number of amides is 1. The molecule has 0 radical (unpaired) electrons. The fraction of sp³-hybridized carbons (Fsp3) is 0.364. The molecule has 1 saturated carbocycles. The average Bonchev–Trinajstić information content (AvgIpc) is 2.20. The van der Waals surface area contributed by atoms with Crippen LogP contribution >= 0.6 is 23.2 Å². The Hall–Kier alpha value is -1.13. The monoisotopic (exact) mass is 275 g/mol. The van der Waals surface area contributed by atoms with Gasteiger partial charge in [-0.05, 0) is 12.1 Å². The predicted octanol–water partition coefficient (Wildman–Crippen LogP) is 3.17. The van der Waals surface area contributed by atoms with Crippen LogP contribution in [0.2, 0.25) is 10.0 Å². The summed E-state index contributed by atoms with van der Waals surface area (Å²) in [6.07, 6.45) is 0.279. The van der Waals surface area contributed by atoms with Crippen LogP contribution < -0.4 is 10.1 Å². The van der Waals surface area contributed by atoms with Crippen LogP contribution in [-0.4, -0.2) is 23.3 Å². The smallest absolute Gasteiger partial charge is 0.404 e. The fourth-order valence-electron chi connectivity index (χ4n) is 1.71. The minimum absolute atomic E-state index is 0.0113. The molecule has 0 aliphatic heterocycles. The first-order chi connectivity index (χ1) is 8.06. The van der Waals surface area contributed by atoms with Crippen LogP contribution in [0.25, 0.3) is 0 Å². The first-order valence-electron chi connectivity index (χ1n) is 5.16. The minimum Gasteiger partial charge on any atom is -0.489 e. The van der Waals surface area contributed by atoms with E-state index >= 15 is 0 Å². The van der Waals surface area contributed by atoms with E-state index in [4.69, 9.17) is 33.0 Å². The van der Waals surface area contributed by atoms with Gasteiger partial charge in [0.2, 0.25) is 0 Å². The molecule has 0 spiro atoms. The SMILES string of the molecule is O=C(O)N[C@H]1C[C@H](Oc2cccc(Cl)c2Cl)C1. The van der Waals surface area contributed by atoms with Crippen LogP contribution in [0.4, 0.5) is 4.79 Å². The number of hydrogen-bond donors (Lipinski definition) is 2. The average molecular weight is 276 g/mol. The molecule has 0 aromatic heterocycles. The molecule has 92 valence electrons. The van der Waals surface area contributed by atoms with Gasteiger partial charge in [-0.1, -0.05) is 29.3 Å². The van der Waals surface area contributed by atoms with Gasteiger partial charge in [0.1, 0.15) is 16.9 Å². The molecule has 0 bridgehead atoms. The Morgan fingerprint density at radius 2 is 2.12 bits per heavy atom. The lowest BCUT2D eigenvalue weighted by Crippen LogP contribution is -2.48. The van der Waals surface area contributed by atoms with Crippen molar-refractivity contribution in [3.8, 4) is 5.75 Å². The van der Waals surface area contributed by atoms with Gasteiger partial charge < -0.3 is 15.2 Å². The van der Waals surface area contributed by atoms with E-state index in [0.29, 0.717) is 28.6 Å². The Kier molecular flexibility index (Phi) is 3.64. The lowest BCUT2D eigenvalue weighted by molar-refractivity contribution is 0.0835. The maximum absolute atomic E-state index is 10.4. The lowest BCUT2D eigenvalue weighted by Gasteiger charge is -2.35. The van der Waals surface area contributed by atoms with Gasteiger partial charge in [0.25, 0.3) is 0 Å². The van der Waals surface area contributed by atoms with Crippen LogP contribution in [0, 0.1) is 0 Å². The molecular weight excluding hydrogens is 265 g/mol. The van der Waals surface area contributed by atoms with Crippen molar-refractivity contribution in [2.45, 2.75) is 25.0 Å². The van der Waals surface area contributed by atoms with Gasteiger partial charge in [-0.2, -0.15) is 0 Å². The number of rotatable bonds is 3. The Labute approximate surface area is 108 Å². The number of benzene rings is 1. The van der Waals surface area contributed by atoms with E-state index < -0.39 is 6.09 Å². The zero-order chi connectivity index (χ0) is 12.4. The van der Waals surface area contributed by atoms with E-state index in [2.05, 4.69) is 5.32 Å². The van der Waals surface area contributed by atoms with Crippen LogP contribution in [0.1, 0.15) is 12.8 Å². The third-order valence-corrected chi connectivity index (χ3v) is 3.43. The lowest BCUT2D eigenvalue weighted by atomic mass is 9.89. The summed E-state index contributed by atoms with van der Waals surface area (Å²) >= 11 is 11.8. The van der Waals surface area contributed by atoms with Crippen molar-refractivity contribution in [3.05, 3.63) is 28.2 Å². The summed E-state index contributed by atoms with van der Waals surface area (Å²) in [7, 11) is 0. The summed E-state index contributed by atoms with van der Waals surface area (Å²) in [6, 6.07) is 5.16. The molecule has 1 fully saturated rings. The van der Waals surface area contributed by atoms with Crippen molar-refractivity contribution in [2.75, 3.05) is 0 Å². The quantitative estimate of drug-likeness (QED) is 0.891. The fourth-order valence-corrected chi connectivity index (χ4v) is 2.05. The highest BCUT2D eigenvalue weighted by Crippen LogP contribution is 2.34. The van der Waals surface area contributed by atoms with E-state index in [1.54, 1.807) is 18.2 Å². The zero-order valence-corrected chi connectivity index (χ0v) is 10.3. The minimum atomic E-state index is -1.01. The topological polar surface area (TPSA) is 58.6 Å². The van der Waals surface area contributed by atoms with Gasteiger partial charge in [0, 0.05) is 18.9 Å². The highest BCUT2D eigenvalue weighted by molar-refractivity contribution is 6.42. The largest absolute Gasteiger partial charge is 0.489 e. The van der Waals surface area contributed by atoms with E-state index in [1.165, 1.54) is 0 Å². The normalized spacial score (nSPS) is 22.7. The summed E-state index contributed by atoms with van der Waals surface area (Å²) in [5.74, 6) is 0.540. The third kappa shape index (κ3) is 2.96. The van der Waals surface area contributed by atoms with Crippen LogP contribution in [0.15, 0.2) is 18.2 Å². The Morgan fingerprint density at radius 3 is 2.76 bits per heavy atom. The maximum Gasteiger partial charge on any atom is 0.404 e. The Bertz CT molecular complexity index is 433. The summed E-state index contributed by atoms with van der Waals surface area (Å²) < 4.78 is 5.62. The van der Waals surface area contributed by atoms with Crippen LogP contribution in [0.3, 0.4) is 0 Å². The summed E-state index contributed by atoms with van der Waals surface area (Å²) in [6.45, 7) is 0. The summed E-state index contributed by atoms with van der Waals surface area (Å²) in [4.78, 5) is 10.4. The number of hydrogen-bond acceptors (Lipinski definition) is 2. The van der Waals surface area contributed by atoms with Crippen molar-refractivity contribution < 1.29 is 14.6 Å². The van der Waals surface area contributed by atoms with E-state index in [9.17, 15) is 4.79 Å². The van der Waals surface area contributed by atoms with Gasteiger partial charge in [0.15, 0.2) is 0 Å². The molecule has 0 unspecified atom stereocenters. The molecule has 6 heteroatoms. The van der Waals surface area contributed by atoms with Crippen molar-refractivity contribution in [1.29, 1.82) is 0 Å². The summed E-state index contributed by atoms with van der Waals surface area (Å²) in [5.41, 5.74) is 0. The van der Waals surface area contributed by atoms with Crippen molar-refractivity contribution in [2.24, 2.45) is 0 Å². The molecule has 1 amide bonds. The molecule has 1 aromatic carbocycles. The highest BCUT2D eigenvalue weighted by atomic mass is 35.5. The van der Waals surface area contributed by atoms with E-state index in [1.807, 2.05) is 0 Å². The first kappa shape index (κ1) is 12.3. The molecule has 4 nitrogen and oxygen atoms in total. The first-order valence-corrected chi connectivity index (χ1v) is 5.92. The number of carbonyl (C=O) groups is 1. The number of halogens is 2. The van der Waals surface area contributed by atoms with Crippen LogP contribution in [-0.2, 0) is 0 Å². The van der Waals surface area contributed by atoms with Crippen molar-refractivity contribution in [3.63, 3.8) is 0 Å². The number of nitrogens with one attached hydrogen (secondary N) is 1. The molecule has 2 N–H and O–H groups in total. The Balaban J connectivity index is 1.88. The molecule has 17 heavy (non-hydrogen) atoms. The standard InChI is InChI=1S/C11H11Cl2NO3/c12-8-2-1-3-9(10(8)13)17-7-4-6(5-7)14-11(15)16/h1-3,6-7,14H,4-5H2,(H,15,16)/t6-,7-. The molecule has 0 saturated heterocycles. The second-order valence-electron chi connectivity index (χ2n) is 3.91. The van der Waals surface area contributed by atoms with E-state index in [-0.39, 0.29) is 12.1 Å². The maximum atomic E-state index is 10.4. The van der Waals surface area contributed by atoms with Crippen LogP contribution in [0.5, 0.6) is 5.75 Å². The number of ether oxygens (including phenoxy) is 1. The third-order valence-electron chi connectivity index (χ3n) is 2.63. The van der Waals surface area contributed by atoms with Gasteiger partial charge in [-0.25, -0.2) is 4.79 Å². The predicted molar refractivity (Wildman–Crippen MR) is 65.1 cm³/mol. The molecule has 1 aliphatic rings. The van der Waals surface area contributed by atoms with Gasteiger partial charge >= 0.3 is 6.09 Å². The molecule has 2 rings (SSSR count). The molecule has 1 aliphatic carbocycles.